The zero-order valence-electron chi connectivity index (χ0n) is 14.7. The third-order valence-electron chi connectivity index (χ3n) is 4.19. The van der Waals surface area contributed by atoms with E-state index in [1.807, 2.05) is 37.3 Å². The normalized spacial score (nSPS) is 13.1. The van der Waals surface area contributed by atoms with Gasteiger partial charge in [0.05, 0.1) is 0 Å². The number of hydrogen-bond donors (Lipinski definition) is 2. The van der Waals surface area contributed by atoms with Crippen LogP contribution < -0.4 is 20.1 Å². The van der Waals surface area contributed by atoms with E-state index >= 15 is 0 Å². The van der Waals surface area contributed by atoms with Gasteiger partial charge in [-0.15, -0.1) is 0 Å². The van der Waals surface area contributed by atoms with Crippen molar-refractivity contribution in [2.24, 2.45) is 0 Å². The number of nitrogens with one attached hydrogen (secondary N) is 2. The molecule has 2 N–H and O–H groups in total. The van der Waals surface area contributed by atoms with Crippen LogP contribution in [0.3, 0.4) is 0 Å². The summed E-state index contributed by atoms with van der Waals surface area (Å²) >= 11 is 0. The van der Waals surface area contributed by atoms with Crippen molar-refractivity contribution in [1.82, 2.24) is 9.97 Å². The standard InChI is InChI=1S/C20H18N4O3/c1-13(14-5-3-2-4-6-14)23-19-10-16(21-11-22-19)20(25)24-15-7-8-17-18(9-15)27-12-26-17/h2-11,13H,12H2,1H3,(H,24,25)(H,21,22,23). The van der Waals surface area contributed by atoms with Crippen molar-refractivity contribution in [2.45, 2.75) is 13.0 Å². The highest BCUT2D eigenvalue weighted by molar-refractivity contribution is 6.03. The topological polar surface area (TPSA) is 85.4 Å². The minimum absolute atomic E-state index is 0.0471. The van der Waals surface area contributed by atoms with Crippen LogP contribution in [0.5, 0.6) is 11.5 Å². The number of benzene rings is 2. The summed E-state index contributed by atoms with van der Waals surface area (Å²) in [6, 6.07) is 16.9. The van der Waals surface area contributed by atoms with E-state index in [9.17, 15) is 4.79 Å². The predicted molar refractivity (Wildman–Crippen MR) is 101 cm³/mol. The van der Waals surface area contributed by atoms with Crippen molar-refractivity contribution >= 4 is 17.4 Å². The average Bonchev–Trinajstić information content (AvgIpc) is 3.16. The monoisotopic (exact) mass is 362 g/mol. The molecule has 1 atom stereocenters. The van der Waals surface area contributed by atoms with Gasteiger partial charge in [0.15, 0.2) is 11.5 Å². The third-order valence-corrected chi connectivity index (χ3v) is 4.19. The summed E-state index contributed by atoms with van der Waals surface area (Å²) in [4.78, 5) is 20.8. The number of hydrogen-bond acceptors (Lipinski definition) is 6. The lowest BCUT2D eigenvalue weighted by Crippen LogP contribution is -2.15. The molecule has 0 fully saturated rings. The van der Waals surface area contributed by atoms with Gasteiger partial charge in [0, 0.05) is 23.9 Å². The number of carbonyl (C=O) groups is 1. The summed E-state index contributed by atoms with van der Waals surface area (Å²) < 4.78 is 10.6. The summed E-state index contributed by atoms with van der Waals surface area (Å²) in [5.74, 6) is 1.52. The Balaban J connectivity index is 1.46. The van der Waals surface area contributed by atoms with Gasteiger partial charge in [0.1, 0.15) is 17.8 Å². The van der Waals surface area contributed by atoms with Crippen molar-refractivity contribution in [3.8, 4) is 11.5 Å². The van der Waals surface area contributed by atoms with Crippen LogP contribution in [0.1, 0.15) is 29.0 Å². The molecule has 7 nitrogen and oxygen atoms in total. The van der Waals surface area contributed by atoms with Crippen LogP contribution in [-0.4, -0.2) is 22.7 Å². The first-order valence-corrected chi connectivity index (χ1v) is 8.53. The van der Waals surface area contributed by atoms with Crippen molar-refractivity contribution in [2.75, 3.05) is 17.4 Å². The van der Waals surface area contributed by atoms with E-state index in [1.165, 1.54) is 6.33 Å². The highest BCUT2D eigenvalue weighted by Crippen LogP contribution is 2.34. The van der Waals surface area contributed by atoms with Crippen molar-refractivity contribution in [1.29, 1.82) is 0 Å². The first kappa shape index (κ1) is 16.8. The van der Waals surface area contributed by atoms with Crippen molar-refractivity contribution in [3.05, 3.63) is 72.2 Å². The molecule has 0 saturated carbocycles. The predicted octanol–water partition coefficient (Wildman–Crippen LogP) is 3.63. The molecule has 4 rings (SSSR count). The first-order chi connectivity index (χ1) is 13.2. The zero-order chi connectivity index (χ0) is 18.6. The Kier molecular flexibility index (Phi) is 4.57. The van der Waals surface area contributed by atoms with Gasteiger partial charge in [-0.1, -0.05) is 30.3 Å². The molecular formula is C20H18N4O3. The van der Waals surface area contributed by atoms with Gasteiger partial charge in [0.2, 0.25) is 6.79 Å². The third kappa shape index (κ3) is 3.82. The van der Waals surface area contributed by atoms with Crippen LogP contribution in [0.2, 0.25) is 0 Å². The Labute approximate surface area is 156 Å². The van der Waals surface area contributed by atoms with Gasteiger partial charge in [0.25, 0.3) is 5.91 Å². The van der Waals surface area contributed by atoms with Gasteiger partial charge >= 0.3 is 0 Å². The van der Waals surface area contributed by atoms with Crippen LogP contribution in [-0.2, 0) is 0 Å². The summed E-state index contributed by atoms with van der Waals surface area (Å²) in [6.07, 6.45) is 1.37. The lowest BCUT2D eigenvalue weighted by molar-refractivity contribution is 0.102. The van der Waals surface area contributed by atoms with E-state index in [2.05, 4.69) is 20.6 Å². The van der Waals surface area contributed by atoms with E-state index in [-0.39, 0.29) is 24.4 Å². The molecule has 1 aliphatic rings. The Morgan fingerprint density at radius 1 is 1.04 bits per heavy atom. The van der Waals surface area contributed by atoms with Crippen LogP contribution in [0.25, 0.3) is 0 Å². The fraction of sp³-hybridized carbons (Fsp3) is 0.150. The highest BCUT2D eigenvalue weighted by atomic mass is 16.7. The fourth-order valence-electron chi connectivity index (χ4n) is 2.78. The van der Waals surface area contributed by atoms with Crippen LogP contribution in [0.4, 0.5) is 11.5 Å². The molecule has 0 aliphatic carbocycles. The molecule has 1 aliphatic heterocycles. The van der Waals surface area contributed by atoms with E-state index in [1.54, 1.807) is 24.3 Å². The average molecular weight is 362 g/mol. The molecule has 0 spiro atoms. The largest absolute Gasteiger partial charge is 0.454 e. The number of nitrogens with zero attached hydrogens (tertiary/aromatic N) is 2. The lowest BCUT2D eigenvalue weighted by atomic mass is 10.1. The van der Waals surface area contributed by atoms with Gasteiger partial charge < -0.3 is 20.1 Å². The summed E-state index contributed by atoms with van der Waals surface area (Å²) in [5.41, 5.74) is 2.00. The molecule has 1 amide bonds. The number of fused-ring (bicyclic) bond motifs is 1. The number of carbonyl (C=O) groups excluding carboxylic acids is 1. The summed E-state index contributed by atoms with van der Waals surface area (Å²) in [6.45, 7) is 2.22. The molecular weight excluding hydrogens is 344 g/mol. The maximum absolute atomic E-state index is 12.5. The second kappa shape index (κ2) is 7.33. The Morgan fingerprint density at radius 2 is 1.85 bits per heavy atom. The van der Waals surface area contributed by atoms with E-state index in [4.69, 9.17) is 9.47 Å². The first-order valence-electron chi connectivity index (χ1n) is 8.53. The molecule has 136 valence electrons. The van der Waals surface area contributed by atoms with Gasteiger partial charge in [-0.2, -0.15) is 0 Å². The Hall–Kier alpha value is -3.61. The molecule has 1 aromatic heterocycles. The molecule has 0 radical (unpaired) electrons. The number of ether oxygens (including phenoxy) is 2. The number of anilines is 2. The lowest BCUT2D eigenvalue weighted by Gasteiger charge is -2.15. The van der Waals surface area contributed by atoms with E-state index < -0.39 is 0 Å². The summed E-state index contributed by atoms with van der Waals surface area (Å²) in [5, 5.41) is 6.09. The van der Waals surface area contributed by atoms with E-state index in [0.29, 0.717) is 23.0 Å². The highest BCUT2D eigenvalue weighted by Gasteiger charge is 2.16. The molecule has 3 aromatic rings. The zero-order valence-corrected chi connectivity index (χ0v) is 14.7. The summed E-state index contributed by atoms with van der Waals surface area (Å²) in [7, 11) is 0. The van der Waals surface area contributed by atoms with Crippen LogP contribution >= 0.6 is 0 Å². The molecule has 27 heavy (non-hydrogen) atoms. The van der Waals surface area contributed by atoms with E-state index in [0.717, 1.165) is 5.56 Å². The smallest absolute Gasteiger partial charge is 0.274 e. The molecule has 2 aromatic carbocycles. The van der Waals surface area contributed by atoms with Gasteiger partial charge in [-0.25, -0.2) is 9.97 Å². The Bertz CT molecular complexity index is 962. The second-order valence-corrected chi connectivity index (χ2v) is 6.09. The van der Waals surface area contributed by atoms with Crippen molar-refractivity contribution in [3.63, 3.8) is 0 Å². The minimum atomic E-state index is -0.327. The van der Waals surface area contributed by atoms with Gasteiger partial charge in [-0.3, -0.25) is 4.79 Å². The second-order valence-electron chi connectivity index (χ2n) is 6.09. The van der Waals surface area contributed by atoms with Gasteiger partial charge in [-0.05, 0) is 24.6 Å². The number of aromatic nitrogens is 2. The Morgan fingerprint density at radius 3 is 2.70 bits per heavy atom. The molecule has 1 unspecified atom stereocenters. The molecule has 7 heteroatoms. The van der Waals surface area contributed by atoms with Crippen LogP contribution in [0, 0.1) is 0 Å². The number of amides is 1. The molecule has 2 heterocycles. The maximum atomic E-state index is 12.5. The van der Waals surface area contributed by atoms with Crippen molar-refractivity contribution < 1.29 is 14.3 Å². The molecule has 0 saturated heterocycles. The molecule has 0 bridgehead atoms. The quantitative estimate of drug-likeness (QED) is 0.721. The SMILES string of the molecule is CC(Nc1cc(C(=O)Nc2ccc3c(c2)OCO3)ncn1)c1ccccc1. The number of rotatable bonds is 5. The fourth-order valence-corrected chi connectivity index (χ4v) is 2.78. The minimum Gasteiger partial charge on any atom is -0.454 e. The maximum Gasteiger partial charge on any atom is 0.274 e. The van der Waals surface area contributed by atoms with Crippen LogP contribution in [0.15, 0.2) is 60.9 Å².